The van der Waals surface area contributed by atoms with Crippen molar-refractivity contribution < 1.29 is 29.0 Å². The summed E-state index contributed by atoms with van der Waals surface area (Å²) in [5.74, 6) is -1.06. The Morgan fingerprint density at radius 1 is 0.791 bits per heavy atom. The zero-order chi connectivity index (χ0) is 32.1. The van der Waals surface area contributed by atoms with Crippen molar-refractivity contribution in [1.29, 1.82) is 0 Å². The standard InChI is InChI=1S/C32H47N5O6/c1-20(2)28(33-22(5)38)31(41)35-30(25-11-9-8-10-12-25)27(40)17-18-37(19-24-13-15-26(43-7)16-14-24)36-32(42)29(21(3)4)34-23(6)39/h8-16,20-21,27-30,40H,17-19H2,1-7H3,(H,33,38)(H,34,39)(H,35,41)(H,36,42). The number of rotatable bonds is 16. The average Bonchev–Trinajstić information content (AvgIpc) is 2.96. The molecule has 0 bridgehead atoms. The van der Waals surface area contributed by atoms with E-state index in [0.29, 0.717) is 17.9 Å². The Hall–Kier alpha value is -3.96. The molecule has 0 aromatic heterocycles. The molecule has 0 saturated heterocycles. The zero-order valence-corrected chi connectivity index (χ0v) is 26.2. The van der Waals surface area contributed by atoms with Gasteiger partial charge in [0.15, 0.2) is 0 Å². The SMILES string of the molecule is COc1ccc(CN(CCC(O)C(NC(=O)C(NC(C)=O)C(C)C)c2ccccc2)NC(=O)C(NC(C)=O)C(C)C)cc1. The normalized spacial score (nSPS) is 14.0. The number of aliphatic hydroxyl groups is 1. The van der Waals surface area contributed by atoms with E-state index in [1.54, 1.807) is 12.1 Å². The third-order valence-electron chi connectivity index (χ3n) is 6.95. The quantitative estimate of drug-likeness (QED) is 0.187. The highest BCUT2D eigenvalue weighted by atomic mass is 16.5. The highest BCUT2D eigenvalue weighted by molar-refractivity contribution is 5.87. The van der Waals surface area contributed by atoms with Crippen LogP contribution in [-0.4, -0.2) is 65.6 Å². The van der Waals surface area contributed by atoms with Gasteiger partial charge in [-0.05, 0) is 41.5 Å². The summed E-state index contributed by atoms with van der Waals surface area (Å²) < 4.78 is 5.25. The van der Waals surface area contributed by atoms with Crippen molar-refractivity contribution >= 4 is 23.6 Å². The molecule has 43 heavy (non-hydrogen) atoms. The van der Waals surface area contributed by atoms with Crippen LogP contribution in [0.3, 0.4) is 0 Å². The van der Waals surface area contributed by atoms with Gasteiger partial charge >= 0.3 is 0 Å². The maximum Gasteiger partial charge on any atom is 0.257 e. The van der Waals surface area contributed by atoms with Gasteiger partial charge in [0, 0.05) is 26.9 Å². The van der Waals surface area contributed by atoms with Crippen LogP contribution in [-0.2, 0) is 25.7 Å². The van der Waals surface area contributed by atoms with E-state index >= 15 is 0 Å². The number of nitrogens with one attached hydrogen (secondary N) is 4. The van der Waals surface area contributed by atoms with Gasteiger partial charge in [-0.2, -0.15) is 0 Å². The van der Waals surface area contributed by atoms with Crippen molar-refractivity contribution in [3.05, 3.63) is 65.7 Å². The summed E-state index contributed by atoms with van der Waals surface area (Å²) in [6.45, 7) is 10.6. The predicted octanol–water partition coefficient (Wildman–Crippen LogP) is 2.46. The smallest absolute Gasteiger partial charge is 0.257 e. The molecule has 0 radical (unpaired) electrons. The Morgan fingerprint density at radius 3 is 1.81 bits per heavy atom. The maximum absolute atomic E-state index is 13.3. The lowest BCUT2D eigenvalue weighted by atomic mass is 9.97. The second kappa shape index (κ2) is 17.2. The van der Waals surface area contributed by atoms with Crippen LogP contribution in [0, 0.1) is 11.8 Å². The number of methoxy groups -OCH3 is 1. The Bertz CT molecular complexity index is 1190. The molecule has 4 amide bonds. The van der Waals surface area contributed by atoms with Gasteiger partial charge in [0.25, 0.3) is 5.91 Å². The summed E-state index contributed by atoms with van der Waals surface area (Å²) in [5.41, 5.74) is 4.50. The molecule has 4 atom stereocenters. The van der Waals surface area contributed by atoms with Crippen LogP contribution in [0.2, 0.25) is 0 Å². The highest BCUT2D eigenvalue weighted by Gasteiger charge is 2.30. The molecule has 2 rings (SSSR count). The van der Waals surface area contributed by atoms with Crippen molar-refractivity contribution in [2.75, 3.05) is 13.7 Å². The van der Waals surface area contributed by atoms with Crippen LogP contribution < -0.4 is 26.1 Å². The van der Waals surface area contributed by atoms with E-state index in [1.807, 2.05) is 82.3 Å². The van der Waals surface area contributed by atoms with Crippen LogP contribution in [0.1, 0.15) is 65.1 Å². The molecule has 0 heterocycles. The monoisotopic (exact) mass is 597 g/mol. The second-order valence-corrected chi connectivity index (χ2v) is 11.3. The molecule has 0 aliphatic heterocycles. The van der Waals surface area contributed by atoms with Crippen molar-refractivity contribution in [2.24, 2.45) is 11.8 Å². The molecule has 11 nitrogen and oxygen atoms in total. The Labute approximate surface area is 254 Å². The van der Waals surface area contributed by atoms with E-state index in [1.165, 1.54) is 13.8 Å². The fraction of sp³-hybridized carbons (Fsp3) is 0.500. The van der Waals surface area contributed by atoms with E-state index in [9.17, 15) is 24.3 Å². The number of ether oxygens (including phenoxy) is 1. The van der Waals surface area contributed by atoms with E-state index in [2.05, 4.69) is 21.4 Å². The van der Waals surface area contributed by atoms with Gasteiger partial charge in [0.2, 0.25) is 17.7 Å². The number of amides is 4. The van der Waals surface area contributed by atoms with E-state index in [-0.39, 0.29) is 42.5 Å². The van der Waals surface area contributed by atoms with Gasteiger partial charge in [-0.25, -0.2) is 5.01 Å². The molecule has 4 unspecified atom stereocenters. The number of carbonyl (C=O) groups is 4. The van der Waals surface area contributed by atoms with Crippen molar-refractivity contribution in [1.82, 2.24) is 26.4 Å². The number of aliphatic hydroxyl groups excluding tert-OH is 1. The molecule has 2 aromatic carbocycles. The second-order valence-electron chi connectivity index (χ2n) is 11.3. The first-order valence-corrected chi connectivity index (χ1v) is 14.6. The molecule has 5 N–H and O–H groups in total. The molecule has 236 valence electrons. The minimum atomic E-state index is -1.04. The minimum Gasteiger partial charge on any atom is -0.497 e. The van der Waals surface area contributed by atoms with Gasteiger partial charge in [-0.15, -0.1) is 0 Å². The molecule has 0 aliphatic carbocycles. The number of hydrogen-bond acceptors (Lipinski definition) is 7. The Morgan fingerprint density at radius 2 is 1.33 bits per heavy atom. The number of nitrogens with zero attached hydrogens (tertiary/aromatic N) is 1. The highest BCUT2D eigenvalue weighted by Crippen LogP contribution is 2.21. The Kier molecular flexibility index (Phi) is 14.1. The minimum absolute atomic E-state index is 0.160. The summed E-state index contributed by atoms with van der Waals surface area (Å²) in [4.78, 5) is 50.0. The zero-order valence-electron chi connectivity index (χ0n) is 26.2. The molecular formula is C32H47N5O6. The third-order valence-corrected chi connectivity index (χ3v) is 6.95. The molecule has 0 aliphatic rings. The van der Waals surface area contributed by atoms with E-state index in [4.69, 9.17) is 4.74 Å². The van der Waals surface area contributed by atoms with Gasteiger partial charge in [0.05, 0.1) is 19.3 Å². The Balaban J connectivity index is 2.29. The first-order valence-electron chi connectivity index (χ1n) is 14.6. The summed E-state index contributed by atoms with van der Waals surface area (Å²) in [6, 6.07) is 14.2. The van der Waals surface area contributed by atoms with Gasteiger partial charge < -0.3 is 25.8 Å². The first-order chi connectivity index (χ1) is 20.3. The lowest BCUT2D eigenvalue weighted by molar-refractivity contribution is -0.133. The number of carbonyl (C=O) groups excluding carboxylic acids is 4. The maximum atomic E-state index is 13.3. The van der Waals surface area contributed by atoms with Crippen LogP contribution in [0.25, 0.3) is 0 Å². The summed E-state index contributed by atoms with van der Waals surface area (Å²) >= 11 is 0. The molecule has 0 saturated carbocycles. The number of hydrogen-bond donors (Lipinski definition) is 5. The van der Waals surface area contributed by atoms with E-state index < -0.39 is 30.1 Å². The molecule has 0 fully saturated rings. The van der Waals surface area contributed by atoms with E-state index in [0.717, 1.165) is 5.56 Å². The van der Waals surface area contributed by atoms with Gasteiger partial charge in [0.1, 0.15) is 17.8 Å². The summed E-state index contributed by atoms with van der Waals surface area (Å²) in [6.07, 6.45) is -0.863. The topological polar surface area (TPSA) is 149 Å². The molecule has 2 aromatic rings. The lowest BCUT2D eigenvalue weighted by Crippen LogP contribution is -2.54. The molecule has 11 heteroatoms. The number of benzene rings is 2. The van der Waals surface area contributed by atoms with Crippen LogP contribution in [0.5, 0.6) is 5.75 Å². The molecule has 0 spiro atoms. The van der Waals surface area contributed by atoms with Crippen LogP contribution >= 0.6 is 0 Å². The third kappa shape index (κ3) is 11.7. The van der Waals surface area contributed by atoms with Crippen molar-refractivity contribution in [3.63, 3.8) is 0 Å². The average molecular weight is 598 g/mol. The lowest BCUT2D eigenvalue weighted by Gasteiger charge is -2.31. The first kappa shape index (κ1) is 35.2. The van der Waals surface area contributed by atoms with Crippen molar-refractivity contribution in [2.45, 2.75) is 78.7 Å². The summed E-state index contributed by atoms with van der Waals surface area (Å²) in [5, 5.41) is 21.4. The summed E-state index contributed by atoms with van der Waals surface area (Å²) in [7, 11) is 1.58. The van der Waals surface area contributed by atoms with Gasteiger partial charge in [-0.1, -0.05) is 70.2 Å². The number of hydrazine groups is 1. The fourth-order valence-corrected chi connectivity index (χ4v) is 4.62. The van der Waals surface area contributed by atoms with Crippen LogP contribution in [0.4, 0.5) is 0 Å². The van der Waals surface area contributed by atoms with Crippen LogP contribution in [0.15, 0.2) is 54.6 Å². The largest absolute Gasteiger partial charge is 0.497 e. The fourth-order valence-electron chi connectivity index (χ4n) is 4.62. The van der Waals surface area contributed by atoms with Gasteiger partial charge in [-0.3, -0.25) is 24.6 Å². The predicted molar refractivity (Wildman–Crippen MR) is 164 cm³/mol. The molecular weight excluding hydrogens is 550 g/mol. The van der Waals surface area contributed by atoms with Crippen molar-refractivity contribution in [3.8, 4) is 5.75 Å².